The van der Waals surface area contributed by atoms with E-state index in [2.05, 4.69) is 10.1 Å². The zero-order valence-corrected chi connectivity index (χ0v) is 10.5. The largest absolute Gasteiger partial charge is 0.351 e. The van der Waals surface area contributed by atoms with E-state index >= 15 is 0 Å². The Morgan fingerprint density at radius 3 is 3.00 bits per heavy atom. The third-order valence-corrected chi connectivity index (χ3v) is 3.03. The number of likely N-dealkylation sites (tertiary alicyclic amines) is 1. The normalized spacial score (nSPS) is 18.1. The van der Waals surface area contributed by atoms with E-state index in [0.717, 1.165) is 24.9 Å². The quantitative estimate of drug-likeness (QED) is 0.479. The number of hydrazone groups is 1. The Balaban J connectivity index is 2.10. The van der Waals surface area contributed by atoms with Gasteiger partial charge in [0.15, 0.2) is 10.9 Å². The monoisotopic (exact) mass is 268 g/mol. The van der Waals surface area contributed by atoms with Crippen LogP contribution in [-0.4, -0.2) is 27.3 Å². The number of nitrogens with zero attached hydrogens (tertiary/aromatic N) is 4. The second kappa shape index (κ2) is 5.77. The van der Waals surface area contributed by atoms with Crippen molar-refractivity contribution in [2.24, 2.45) is 5.10 Å². The maximum absolute atomic E-state index is 10.5. The molecule has 0 atom stereocenters. The SMILES string of the molecule is O=[N+]([O-])/N=C1\CCCCN1Cc1ccc(Cl)nc1. The van der Waals surface area contributed by atoms with Crippen molar-refractivity contribution in [2.45, 2.75) is 25.8 Å². The topological polar surface area (TPSA) is 71.6 Å². The van der Waals surface area contributed by atoms with Gasteiger partial charge in [-0.15, -0.1) is 0 Å². The molecule has 1 fully saturated rings. The second-order valence-electron chi connectivity index (χ2n) is 4.12. The van der Waals surface area contributed by atoms with E-state index < -0.39 is 5.03 Å². The summed E-state index contributed by atoms with van der Waals surface area (Å²) in [6.45, 7) is 1.37. The Morgan fingerprint density at radius 1 is 1.50 bits per heavy atom. The molecule has 2 heterocycles. The summed E-state index contributed by atoms with van der Waals surface area (Å²) in [5.74, 6) is 0.543. The van der Waals surface area contributed by atoms with Gasteiger partial charge in [0.2, 0.25) is 0 Å². The molecule has 0 spiro atoms. The molecule has 0 bridgehead atoms. The van der Waals surface area contributed by atoms with Crippen LogP contribution in [0.15, 0.2) is 23.4 Å². The molecule has 2 rings (SSSR count). The molecular formula is C11H13ClN4O2. The van der Waals surface area contributed by atoms with E-state index in [-0.39, 0.29) is 0 Å². The number of pyridine rings is 1. The number of nitro groups is 1. The maximum Gasteiger partial charge on any atom is 0.192 e. The molecule has 1 aliphatic rings. The lowest BCUT2D eigenvalue weighted by molar-refractivity contribution is -0.485. The molecule has 18 heavy (non-hydrogen) atoms. The van der Waals surface area contributed by atoms with Gasteiger partial charge < -0.3 is 4.90 Å². The van der Waals surface area contributed by atoms with E-state index in [1.54, 1.807) is 12.3 Å². The molecule has 0 aliphatic carbocycles. The van der Waals surface area contributed by atoms with Crippen LogP contribution in [0.1, 0.15) is 24.8 Å². The Kier molecular flexibility index (Phi) is 4.09. The molecule has 1 saturated heterocycles. The number of rotatable bonds is 3. The Morgan fingerprint density at radius 2 is 2.33 bits per heavy atom. The summed E-state index contributed by atoms with van der Waals surface area (Å²) in [7, 11) is 0. The van der Waals surface area contributed by atoms with Crippen LogP contribution in [0.4, 0.5) is 0 Å². The summed E-state index contributed by atoms with van der Waals surface area (Å²) >= 11 is 5.71. The van der Waals surface area contributed by atoms with Crippen LogP contribution in [0, 0.1) is 10.1 Å². The van der Waals surface area contributed by atoms with E-state index in [9.17, 15) is 10.1 Å². The molecule has 0 unspecified atom stereocenters. The molecule has 96 valence electrons. The minimum absolute atomic E-state index is 0.441. The molecule has 1 aromatic rings. The number of hydrogen-bond acceptors (Lipinski definition) is 3. The van der Waals surface area contributed by atoms with Crippen molar-refractivity contribution >= 4 is 17.4 Å². The fourth-order valence-corrected chi connectivity index (χ4v) is 2.08. The molecule has 7 heteroatoms. The summed E-state index contributed by atoms with van der Waals surface area (Å²) in [6, 6.07) is 3.58. The Labute approximate surface area is 109 Å². The minimum Gasteiger partial charge on any atom is -0.351 e. The van der Waals surface area contributed by atoms with Crippen molar-refractivity contribution in [2.75, 3.05) is 6.54 Å². The summed E-state index contributed by atoms with van der Waals surface area (Å²) < 4.78 is 0. The fraction of sp³-hybridized carbons (Fsp3) is 0.455. The smallest absolute Gasteiger partial charge is 0.192 e. The van der Waals surface area contributed by atoms with Crippen molar-refractivity contribution in [3.05, 3.63) is 39.2 Å². The van der Waals surface area contributed by atoms with E-state index in [0.29, 0.717) is 24.0 Å². The first-order valence-electron chi connectivity index (χ1n) is 5.72. The van der Waals surface area contributed by atoms with E-state index in [1.807, 2.05) is 11.0 Å². The van der Waals surface area contributed by atoms with Gasteiger partial charge in [0.25, 0.3) is 0 Å². The summed E-state index contributed by atoms with van der Waals surface area (Å²) in [6.07, 6.45) is 4.31. The highest BCUT2D eigenvalue weighted by atomic mass is 35.5. The molecule has 0 saturated carbocycles. The van der Waals surface area contributed by atoms with Gasteiger partial charge in [-0.3, -0.25) is 0 Å². The number of piperidine rings is 1. The summed E-state index contributed by atoms with van der Waals surface area (Å²) in [5, 5.41) is 13.7. The highest BCUT2D eigenvalue weighted by Gasteiger charge is 2.19. The third-order valence-electron chi connectivity index (χ3n) is 2.80. The van der Waals surface area contributed by atoms with Crippen LogP contribution in [-0.2, 0) is 6.54 Å². The zero-order valence-electron chi connectivity index (χ0n) is 9.75. The van der Waals surface area contributed by atoms with Crippen molar-refractivity contribution in [3.63, 3.8) is 0 Å². The lowest BCUT2D eigenvalue weighted by atomic mass is 10.1. The molecule has 6 nitrogen and oxygen atoms in total. The standard InChI is InChI=1S/C11H13ClN4O2/c12-10-5-4-9(7-13-10)8-15-6-2-1-3-11(15)14-16(17)18/h4-5,7H,1-3,6,8H2/b14-11+. The van der Waals surface area contributed by atoms with Crippen LogP contribution in [0.2, 0.25) is 5.15 Å². The first-order valence-corrected chi connectivity index (χ1v) is 6.10. The second-order valence-corrected chi connectivity index (χ2v) is 4.51. The average molecular weight is 269 g/mol. The Bertz CT molecular complexity index is 461. The number of amidine groups is 1. The van der Waals surface area contributed by atoms with Crippen LogP contribution < -0.4 is 0 Å². The lowest BCUT2D eigenvalue weighted by Crippen LogP contribution is -2.35. The van der Waals surface area contributed by atoms with Gasteiger partial charge in [-0.1, -0.05) is 17.7 Å². The first kappa shape index (κ1) is 12.8. The highest BCUT2D eigenvalue weighted by Crippen LogP contribution is 2.16. The average Bonchev–Trinajstić information content (AvgIpc) is 2.34. The summed E-state index contributed by atoms with van der Waals surface area (Å²) in [5.41, 5.74) is 0.970. The lowest BCUT2D eigenvalue weighted by Gasteiger charge is -2.28. The molecule has 0 amide bonds. The minimum atomic E-state index is -0.631. The van der Waals surface area contributed by atoms with Gasteiger partial charge in [-0.05, 0) is 24.5 Å². The fourth-order valence-electron chi connectivity index (χ4n) is 1.97. The predicted octanol–water partition coefficient (Wildman–Crippen LogP) is 2.31. The number of aromatic nitrogens is 1. The van der Waals surface area contributed by atoms with Crippen molar-refractivity contribution in [1.82, 2.24) is 9.88 Å². The summed E-state index contributed by atoms with van der Waals surface area (Å²) in [4.78, 5) is 16.4. The van der Waals surface area contributed by atoms with E-state index in [4.69, 9.17) is 11.6 Å². The van der Waals surface area contributed by atoms with Crippen molar-refractivity contribution < 1.29 is 5.03 Å². The van der Waals surface area contributed by atoms with Gasteiger partial charge in [0.05, 0.1) is 5.10 Å². The van der Waals surface area contributed by atoms with E-state index in [1.165, 1.54) is 0 Å². The zero-order chi connectivity index (χ0) is 13.0. The van der Waals surface area contributed by atoms with Crippen LogP contribution in [0.5, 0.6) is 0 Å². The van der Waals surface area contributed by atoms with Gasteiger partial charge >= 0.3 is 0 Å². The molecule has 0 radical (unpaired) electrons. The molecule has 0 N–H and O–H groups in total. The maximum atomic E-state index is 10.5. The van der Waals surface area contributed by atoms with Crippen molar-refractivity contribution in [3.8, 4) is 0 Å². The predicted molar refractivity (Wildman–Crippen MR) is 67.9 cm³/mol. The Hall–Kier alpha value is -1.69. The van der Waals surface area contributed by atoms with Gasteiger partial charge in [-0.25, -0.2) is 15.1 Å². The van der Waals surface area contributed by atoms with Crippen molar-refractivity contribution in [1.29, 1.82) is 0 Å². The van der Waals surface area contributed by atoms with Gasteiger partial charge in [0.1, 0.15) is 5.15 Å². The highest BCUT2D eigenvalue weighted by molar-refractivity contribution is 6.29. The molecular weight excluding hydrogens is 256 g/mol. The van der Waals surface area contributed by atoms with Crippen LogP contribution in [0.3, 0.4) is 0 Å². The number of hydrogen-bond donors (Lipinski definition) is 0. The molecule has 1 aliphatic heterocycles. The van der Waals surface area contributed by atoms with Gasteiger partial charge in [-0.2, -0.15) is 0 Å². The molecule has 1 aromatic heterocycles. The van der Waals surface area contributed by atoms with Crippen LogP contribution in [0.25, 0.3) is 0 Å². The van der Waals surface area contributed by atoms with Crippen LogP contribution >= 0.6 is 11.6 Å². The third kappa shape index (κ3) is 3.40. The first-order chi connectivity index (χ1) is 8.65. The molecule has 0 aromatic carbocycles. The number of halogens is 1. The van der Waals surface area contributed by atoms with Gasteiger partial charge in [0, 0.05) is 25.7 Å².